The summed E-state index contributed by atoms with van der Waals surface area (Å²) in [6.45, 7) is 0.365. The summed E-state index contributed by atoms with van der Waals surface area (Å²) < 4.78 is 50.5. The molecule has 1 nitrogen and oxygen atoms in total. The molecule has 7 heteroatoms. The fraction of sp³-hybridized carbons (Fsp3) is 0.143. The summed E-state index contributed by atoms with van der Waals surface area (Å²) in [6, 6.07) is 10.2. The van der Waals surface area contributed by atoms with E-state index in [1.807, 2.05) is 0 Å². The van der Waals surface area contributed by atoms with Crippen LogP contribution in [0.2, 0.25) is 0 Å². The lowest BCUT2D eigenvalue weighted by Crippen LogP contribution is -2.01. The van der Waals surface area contributed by atoms with E-state index >= 15 is 0 Å². The van der Waals surface area contributed by atoms with Crippen molar-refractivity contribution < 1.29 is 17.6 Å². The first-order valence-electron chi connectivity index (χ1n) is 5.87. The maximum Gasteiger partial charge on any atom is 0.446 e. The van der Waals surface area contributed by atoms with E-state index in [1.54, 1.807) is 18.2 Å². The van der Waals surface area contributed by atoms with Crippen LogP contribution in [-0.2, 0) is 6.54 Å². The van der Waals surface area contributed by atoms with E-state index < -0.39 is 5.51 Å². The molecule has 0 saturated heterocycles. The summed E-state index contributed by atoms with van der Waals surface area (Å²) in [4.78, 5) is 0.125. The summed E-state index contributed by atoms with van der Waals surface area (Å²) in [5, 5.41) is 3.03. The molecule has 0 heterocycles. The Bertz CT molecular complexity index is 613. The third kappa shape index (κ3) is 5.24. The van der Waals surface area contributed by atoms with Gasteiger partial charge in [0.2, 0.25) is 0 Å². The van der Waals surface area contributed by atoms with Gasteiger partial charge in [-0.2, -0.15) is 13.2 Å². The molecule has 0 aromatic heterocycles. The zero-order valence-electron chi connectivity index (χ0n) is 10.5. The lowest BCUT2D eigenvalue weighted by Gasteiger charge is -2.10. The number of alkyl halides is 3. The van der Waals surface area contributed by atoms with Gasteiger partial charge in [-0.15, -0.1) is 0 Å². The predicted molar refractivity (Wildman–Crippen MR) is 79.8 cm³/mol. The highest BCUT2D eigenvalue weighted by molar-refractivity contribution is 9.10. The molecule has 21 heavy (non-hydrogen) atoms. The van der Waals surface area contributed by atoms with Crippen molar-refractivity contribution in [3.8, 4) is 0 Å². The molecule has 0 spiro atoms. The Morgan fingerprint density at radius 1 is 1.05 bits per heavy atom. The Kier molecular flexibility index (Phi) is 5.16. The van der Waals surface area contributed by atoms with E-state index in [0.29, 0.717) is 12.2 Å². The second-order valence-corrected chi connectivity index (χ2v) is 6.15. The molecule has 112 valence electrons. The SMILES string of the molecule is Fc1ccc(Br)c(CNc2ccc(SC(F)(F)F)cc2)c1. The molecule has 0 saturated carbocycles. The van der Waals surface area contributed by atoms with Gasteiger partial charge in [-0.3, -0.25) is 0 Å². The first kappa shape index (κ1) is 16.2. The Morgan fingerprint density at radius 2 is 1.71 bits per heavy atom. The van der Waals surface area contributed by atoms with E-state index in [1.165, 1.54) is 24.3 Å². The van der Waals surface area contributed by atoms with E-state index in [4.69, 9.17) is 0 Å². The van der Waals surface area contributed by atoms with Crippen LogP contribution in [0.4, 0.5) is 23.2 Å². The first-order chi connectivity index (χ1) is 9.83. The molecule has 0 amide bonds. The second-order valence-electron chi connectivity index (χ2n) is 4.16. The molecule has 0 aliphatic heterocycles. The lowest BCUT2D eigenvalue weighted by atomic mass is 10.2. The van der Waals surface area contributed by atoms with Gasteiger partial charge >= 0.3 is 5.51 Å². The van der Waals surface area contributed by atoms with Crippen LogP contribution in [0.25, 0.3) is 0 Å². The van der Waals surface area contributed by atoms with Gasteiger partial charge in [-0.05, 0) is 59.8 Å². The van der Waals surface area contributed by atoms with E-state index in [-0.39, 0.29) is 22.5 Å². The van der Waals surface area contributed by atoms with Gasteiger partial charge in [-0.1, -0.05) is 15.9 Å². The predicted octanol–water partition coefficient (Wildman–Crippen LogP) is 5.81. The maximum atomic E-state index is 13.1. The van der Waals surface area contributed by atoms with Gasteiger partial charge in [0.1, 0.15) is 5.82 Å². The zero-order chi connectivity index (χ0) is 15.5. The van der Waals surface area contributed by atoms with Crippen LogP contribution in [0.15, 0.2) is 51.8 Å². The minimum Gasteiger partial charge on any atom is -0.381 e. The molecule has 2 rings (SSSR count). The van der Waals surface area contributed by atoms with E-state index in [2.05, 4.69) is 21.2 Å². The molecule has 1 N–H and O–H groups in total. The van der Waals surface area contributed by atoms with E-state index in [0.717, 1.165) is 10.0 Å². The molecular formula is C14H10BrF4NS. The highest BCUT2D eigenvalue weighted by Crippen LogP contribution is 2.37. The second kappa shape index (κ2) is 6.70. The molecule has 0 aliphatic rings. The Morgan fingerprint density at radius 3 is 2.33 bits per heavy atom. The van der Waals surface area contributed by atoms with Gasteiger partial charge in [0.15, 0.2) is 0 Å². The topological polar surface area (TPSA) is 12.0 Å². The van der Waals surface area contributed by atoms with Gasteiger partial charge in [0.25, 0.3) is 0 Å². The molecule has 0 bridgehead atoms. The quantitative estimate of drug-likeness (QED) is 0.531. The average molecular weight is 380 g/mol. The van der Waals surface area contributed by atoms with Crippen LogP contribution in [0.5, 0.6) is 0 Å². The Balaban J connectivity index is 1.99. The number of rotatable bonds is 4. The molecule has 0 aliphatic carbocycles. The Hall–Kier alpha value is -1.21. The molecular weight excluding hydrogens is 370 g/mol. The number of hydrogen-bond acceptors (Lipinski definition) is 2. The number of benzene rings is 2. The van der Waals surface area contributed by atoms with Crippen molar-refractivity contribution in [1.82, 2.24) is 0 Å². The van der Waals surface area contributed by atoms with Gasteiger partial charge < -0.3 is 5.32 Å². The third-order valence-electron chi connectivity index (χ3n) is 2.58. The monoisotopic (exact) mass is 379 g/mol. The number of nitrogens with one attached hydrogen (secondary N) is 1. The van der Waals surface area contributed by atoms with Crippen molar-refractivity contribution in [2.24, 2.45) is 0 Å². The van der Waals surface area contributed by atoms with Gasteiger partial charge in [0, 0.05) is 21.6 Å². The Labute approximate surface area is 131 Å². The van der Waals surface area contributed by atoms with Crippen molar-refractivity contribution in [1.29, 1.82) is 0 Å². The normalized spacial score (nSPS) is 11.5. The number of halogens is 5. The molecule has 0 fully saturated rings. The van der Waals surface area contributed by atoms with Crippen molar-refractivity contribution >= 4 is 33.4 Å². The molecule has 2 aromatic rings. The van der Waals surface area contributed by atoms with Gasteiger partial charge in [-0.25, -0.2) is 4.39 Å². The first-order valence-corrected chi connectivity index (χ1v) is 7.48. The third-order valence-corrected chi connectivity index (χ3v) is 4.09. The average Bonchev–Trinajstić information content (AvgIpc) is 2.40. The summed E-state index contributed by atoms with van der Waals surface area (Å²) in [7, 11) is 0. The summed E-state index contributed by atoms with van der Waals surface area (Å²) in [5.41, 5.74) is -2.90. The van der Waals surface area contributed by atoms with Crippen molar-refractivity contribution in [3.05, 3.63) is 58.3 Å². The summed E-state index contributed by atoms with van der Waals surface area (Å²) in [6.07, 6.45) is 0. The number of anilines is 1. The van der Waals surface area contributed by atoms with Crippen molar-refractivity contribution in [2.45, 2.75) is 16.9 Å². The molecule has 0 unspecified atom stereocenters. The van der Waals surface area contributed by atoms with Crippen LogP contribution < -0.4 is 5.32 Å². The fourth-order valence-electron chi connectivity index (χ4n) is 1.65. The standard InChI is InChI=1S/C14H10BrF4NS/c15-13-6-1-10(16)7-9(13)8-20-11-2-4-12(5-3-11)21-14(17,18)19/h1-7,20H,8H2. The molecule has 2 aromatic carbocycles. The van der Waals surface area contributed by atoms with Crippen molar-refractivity contribution in [3.63, 3.8) is 0 Å². The highest BCUT2D eigenvalue weighted by Gasteiger charge is 2.28. The highest BCUT2D eigenvalue weighted by atomic mass is 79.9. The van der Waals surface area contributed by atoms with Crippen LogP contribution in [0.1, 0.15) is 5.56 Å². The number of hydrogen-bond donors (Lipinski definition) is 1. The zero-order valence-corrected chi connectivity index (χ0v) is 12.9. The molecule has 0 atom stereocenters. The molecule has 0 radical (unpaired) electrons. The smallest absolute Gasteiger partial charge is 0.381 e. The summed E-state index contributed by atoms with van der Waals surface area (Å²) in [5.74, 6) is -0.341. The van der Waals surface area contributed by atoms with Crippen LogP contribution in [0, 0.1) is 5.82 Å². The maximum absolute atomic E-state index is 13.1. The largest absolute Gasteiger partial charge is 0.446 e. The minimum atomic E-state index is -4.29. The van der Waals surface area contributed by atoms with E-state index in [9.17, 15) is 17.6 Å². The van der Waals surface area contributed by atoms with Crippen molar-refractivity contribution in [2.75, 3.05) is 5.32 Å². The van der Waals surface area contributed by atoms with Gasteiger partial charge in [0.05, 0.1) is 0 Å². The number of thioether (sulfide) groups is 1. The minimum absolute atomic E-state index is 0.125. The summed E-state index contributed by atoms with van der Waals surface area (Å²) >= 11 is 3.16. The van der Waals surface area contributed by atoms with Crippen LogP contribution in [0.3, 0.4) is 0 Å². The lowest BCUT2D eigenvalue weighted by molar-refractivity contribution is -0.0328. The van der Waals surface area contributed by atoms with Crippen LogP contribution in [-0.4, -0.2) is 5.51 Å². The fourth-order valence-corrected chi connectivity index (χ4v) is 2.58. The van der Waals surface area contributed by atoms with Crippen LogP contribution >= 0.6 is 27.7 Å².